The fourth-order valence-electron chi connectivity index (χ4n) is 3.83. The van der Waals surface area contributed by atoms with E-state index >= 15 is 0 Å². The van der Waals surface area contributed by atoms with E-state index in [9.17, 15) is 9.59 Å². The second kappa shape index (κ2) is 9.66. The van der Waals surface area contributed by atoms with Gasteiger partial charge < -0.3 is 19.9 Å². The van der Waals surface area contributed by atoms with Crippen LogP contribution < -0.4 is 15.0 Å². The number of nitrogens with one attached hydrogen (secondary N) is 1. The molecule has 4 rings (SSSR count). The van der Waals surface area contributed by atoms with Gasteiger partial charge in [-0.25, -0.2) is 0 Å². The third kappa shape index (κ3) is 4.81. The molecule has 3 aromatic rings. The molecule has 1 aliphatic rings. The summed E-state index contributed by atoms with van der Waals surface area (Å²) in [5, 5.41) is 3.03. The maximum Gasteiger partial charge on any atom is 0.265 e. The SMILES string of the molecule is CN(C)CCN1C(=O)COc2cc(NC(=O)C(c3ccccc3)c3ccccc3)ccc21. The molecule has 0 radical (unpaired) electrons. The van der Waals surface area contributed by atoms with Crippen molar-refractivity contribution in [3.05, 3.63) is 90.0 Å². The van der Waals surface area contributed by atoms with Crippen LogP contribution >= 0.6 is 0 Å². The van der Waals surface area contributed by atoms with Crippen LogP contribution in [0.1, 0.15) is 17.0 Å². The Hall–Kier alpha value is -3.64. The molecule has 0 aliphatic carbocycles. The van der Waals surface area contributed by atoms with E-state index in [0.717, 1.165) is 23.4 Å². The third-order valence-electron chi connectivity index (χ3n) is 5.47. The number of benzene rings is 3. The van der Waals surface area contributed by atoms with Crippen molar-refractivity contribution in [1.29, 1.82) is 0 Å². The van der Waals surface area contributed by atoms with Crippen LogP contribution in [-0.4, -0.2) is 50.5 Å². The Morgan fingerprint density at radius 1 is 1.00 bits per heavy atom. The number of anilines is 2. The molecule has 6 nitrogen and oxygen atoms in total. The summed E-state index contributed by atoms with van der Waals surface area (Å²) in [5.41, 5.74) is 3.20. The Morgan fingerprint density at radius 3 is 2.22 bits per heavy atom. The summed E-state index contributed by atoms with van der Waals surface area (Å²) in [6, 6.07) is 24.9. The van der Waals surface area contributed by atoms with Gasteiger partial charge in [0.25, 0.3) is 5.91 Å². The molecule has 0 aromatic heterocycles. The van der Waals surface area contributed by atoms with Crippen molar-refractivity contribution in [3.63, 3.8) is 0 Å². The highest BCUT2D eigenvalue weighted by atomic mass is 16.5. The lowest BCUT2D eigenvalue weighted by atomic mass is 9.90. The van der Waals surface area contributed by atoms with Gasteiger partial charge in [0.1, 0.15) is 5.75 Å². The van der Waals surface area contributed by atoms with Crippen LogP contribution in [0, 0.1) is 0 Å². The molecular formula is C26H27N3O3. The number of ether oxygens (including phenoxy) is 1. The van der Waals surface area contributed by atoms with E-state index in [1.54, 1.807) is 11.0 Å². The highest BCUT2D eigenvalue weighted by molar-refractivity contribution is 6.00. The van der Waals surface area contributed by atoms with Crippen molar-refractivity contribution in [2.24, 2.45) is 0 Å². The number of hydrogen-bond donors (Lipinski definition) is 1. The molecular weight excluding hydrogens is 402 g/mol. The first-order chi connectivity index (χ1) is 15.5. The molecule has 164 valence electrons. The summed E-state index contributed by atoms with van der Waals surface area (Å²) >= 11 is 0. The fraction of sp³-hybridized carbons (Fsp3) is 0.231. The summed E-state index contributed by atoms with van der Waals surface area (Å²) in [7, 11) is 3.95. The number of nitrogens with zero attached hydrogens (tertiary/aromatic N) is 2. The van der Waals surface area contributed by atoms with Gasteiger partial charge in [-0.15, -0.1) is 0 Å². The van der Waals surface area contributed by atoms with Crippen LogP contribution in [0.25, 0.3) is 0 Å². The zero-order valence-corrected chi connectivity index (χ0v) is 18.3. The van der Waals surface area contributed by atoms with Crippen molar-refractivity contribution in [2.45, 2.75) is 5.92 Å². The number of rotatable bonds is 7. The van der Waals surface area contributed by atoms with E-state index in [1.807, 2.05) is 91.8 Å². The largest absolute Gasteiger partial charge is 0.481 e. The van der Waals surface area contributed by atoms with Crippen molar-refractivity contribution in [2.75, 3.05) is 44.0 Å². The number of hydrogen-bond acceptors (Lipinski definition) is 4. The lowest BCUT2D eigenvalue weighted by Crippen LogP contribution is -2.42. The van der Waals surface area contributed by atoms with Crippen LogP contribution in [-0.2, 0) is 9.59 Å². The number of carbonyl (C=O) groups is 2. The fourth-order valence-corrected chi connectivity index (χ4v) is 3.83. The molecule has 32 heavy (non-hydrogen) atoms. The quantitative estimate of drug-likeness (QED) is 0.622. The average Bonchev–Trinajstić information content (AvgIpc) is 2.80. The van der Waals surface area contributed by atoms with E-state index in [4.69, 9.17) is 4.74 Å². The highest BCUT2D eigenvalue weighted by Gasteiger charge is 2.27. The number of amides is 2. The molecule has 1 heterocycles. The second-order valence-corrected chi connectivity index (χ2v) is 8.06. The maximum absolute atomic E-state index is 13.4. The minimum atomic E-state index is -0.437. The molecule has 2 amide bonds. The Morgan fingerprint density at radius 2 is 1.62 bits per heavy atom. The molecule has 3 aromatic carbocycles. The van der Waals surface area contributed by atoms with E-state index in [1.165, 1.54) is 0 Å². The minimum absolute atomic E-state index is 0.00547. The van der Waals surface area contributed by atoms with E-state index < -0.39 is 5.92 Å². The van der Waals surface area contributed by atoms with Crippen LogP contribution in [0.15, 0.2) is 78.9 Å². The van der Waals surface area contributed by atoms with Gasteiger partial charge in [-0.1, -0.05) is 60.7 Å². The lowest BCUT2D eigenvalue weighted by Gasteiger charge is -2.30. The average molecular weight is 430 g/mol. The van der Waals surface area contributed by atoms with Crippen molar-refractivity contribution in [3.8, 4) is 5.75 Å². The van der Waals surface area contributed by atoms with Gasteiger partial charge in [0.2, 0.25) is 5.91 Å². The molecule has 0 unspecified atom stereocenters. The monoisotopic (exact) mass is 429 g/mol. The Balaban J connectivity index is 1.58. The number of fused-ring (bicyclic) bond motifs is 1. The van der Waals surface area contributed by atoms with E-state index in [0.29, 0.717) is 18.0 Å². The van der Waals surface area contributed by atoms with Crippen LogP contribution in [0.3, 0.4) is 0 Å². The minimum Gasteiger partial charge on any atom is -0.481 e. The molecule has 0 bridgehead atoms. The van der Waals surface area contributed by atoms with Gasteiger partial charge in [-0.2, -0.15) is 0 Å². The van der Waals surface area contributed by atoms with E-state index in [2.05, 4.69) is 5.32 Å². The first kappa shape index (κ1) is 21.6. The maximum atomic E-state index is 13.4. The number of likely N-dealkylation sites (N-methyl/N-ethyl adjacent to an activating group) is 1. The van der Waals surface area contributed by atoms with Crippen molar-refractivity contribution in [1.82, 2.24) is 4.90 Å². The Labute approximate surface area is 188 Å². The Kier molecular flexibility index (Phi) is 6.52. The molecule has 0 spiro atoms. The first-order valence-electron chi connectivity index (χ1n) is 10.7. The zero-order chi connectivity index (χ0) is 22.5. The van der Waals surface area contributed by atoms with Crippen LogP contribution in [0.4, 0.5) is 11.4 Å². The molecule has 1 aliphatic heterocycles. The van der Waals surface area contributed by atoms with Crippen molar-refractivity contribution < 1.29 is 14.3 Å². The molecule has 0 fully saturated rings. The highest BCUT2D eigenvalue weighted by Crippen LogP contribution is 2.35. The summed E-state index contributed by atoms with van der Waals surface area (Å²) in [4.78, 5) is 29.5. The predicted octanol–water partition coefficient (Wildman–Crippen LogP) is 3.74. The topological polar surface area (TPSA) is 61.9 Å². The predicted molar refractivity (Wildman–Crippen MR) is 126 cm³/mol. The standard InChI is InChI=1S/C26H27N3O3/c1-28(2)15-16-29-22-14-13-21(17-23(22)32-18-24(29)30)27-26(31)25(19-9-5-3-6-10-19)20-11-7-4-8-12-20/h3-14,17,25H,15-16,18H2,1-2H3,(H,27,31). The molecule has 0 saturated carbocycles. The summed E-state index contributed by atoms with van der Waals surface area (Å²) in [5.74, 6) is -0.0345. The summed E-state index contributed by atoms with van der Waals surface area (Å²) in [6.07, 6.45) is 0. The van der Waals surface area contributed by atoms with Crippen LogP contribution in [0.5, 0.6) is 5.75 Å². The summed E-state index contributed by atoms with van der Waals surface area (Å²) < 4.78 is 5.67. The van der Waals surface area contributed by atoms with Gasteiger partial charge in [0, 0.05) is 24.8 Å². The second-order valence-electron chi connectivity index (χ2n) is 8.06. The smallest absolute Gasteiger partial charge is 0.265 e. The van der Waals surface area contributed by atoms with Gasteiger partial charge in [0.05, 0.1) is 11.6 Å². The molecule has 1 N–H and O–H groups in total. The van der Waals surface area contributed by atoms with Gasteiger partial charge in [0.15, 0.2) is 6.61 Å². The first-order valence-corrected chi connectivity index (χ1v) is 10.7. The lowest BCUT2D eigenvalue weighted by molar-refractivity contribution is -0.121. The third-order valence-corrected chi connectivity index (χ3v) is 5.47. The Bertz CT molecular complexity index is 1040. The van der Waals surface area contributed by atoms with Gasteiger partial charge in [-0.05, 0) is 37.4 Å². The van der Waals surface area contributed by atoms with Gasteiger partial charge >= 0.3 is 0 Å². The number of carbonyl (C=O) groups excluding carboxylic acids is 2. The zero-order valence-electron chi connectivity index (χ0n) is 18.3. The van der Waals surface area contributed by atoms with Gasteiger partial charge in [-0.3, -0.25) is 9.59 Å². The molecule has 0 saturated heterocycles. The molecule has 6 heteroatoms. The van der Waals surface area contributed by atoms with E-state index in [-0.39, 0.29) is 18.4 Å². The summed E-state index contributed by atoms with van der Waals surface area (Å²) in [6.45, 7) is 1.33. The van der Waals surface area contributed by atoms with Crippen LogP contribution in [0.2, 0.25) is 0 Å². The normalized spacial score (nSPS) is 13.1. The van der Waals surface area contributed by atoms with Crippen molar-refractivity contribution >= 4 is 23.2 Å². The molecule has 0 atom stereocenters.